The molecule has 7 heteroatoms. The van der Waals surface area contributed by atoms with Crippen LogP contribution in [0.25, 0.3) is 0 Å². The molecule has 1 atom stereocenters. The molecule has 0 fully saturated rings. The van der Waals surface area contributed by atoms with Crippen LogP contribution in [0.1, 0.15) is 34.1 Å². The molecule has 1 heterocycles. The smallest absolute Gasteiger partial charge is 0.324 e. The summed E-state index contributed by atoms with van der Waals surface area (Å²) in [5.41, 5.74) is 7.56. The van der Waals surface area contributed by atoms with Crippen molar-refractivity contribution in [1.82, 2.24) is 0 Å². The summed E-state index contributed by atoms with van der Waals surface area (Å²) < 4.78 is 0. The number of urea groups is 1. The highest BCUT2D eigenvalue weighted by Gasteiger charge is 2.27. The third-order valence-corrected chi connectivity index (χ3v) is 5.47. The number of amides is 3. The lowest BCUT2D eigenvalue weighted by molar-refractivity contribution is 0.100. The third kappa shape index (κ3) is 3.55. The van der Waals surface area contributed by atoms with E-state index in [1.165, 1.54) is 11.3 Å². The predicted octanol–water partition coefficient (Wildman–Crippen LogP) is 4.27. The summed E-state index contributed by atoms with van der Waals surface area (Å²) in [6, 6.07) is 6.44. The topological polar surface area (TPSA) is 84.2 Å². The van der Waals surface area contributed by atoms with E-state index >= 15 is 0 Å². The van der Waals surface area contributed by atoms with Crippen LogP contribution < -0.4 is 16.4 Å². The summed E-state index contributed by atoms with van der Waals surface area (Å²) in [6.45, 7) is 2.19. The molecule has 0 spiro atoms. The quantitative estimate of drug-likeness (QED) is 0.760. The molecule has 1 aliphatic carbocycles. The molecule has 0 saturated heterocycles. The van der Waals surface area contributed by atoms with Gasteiger partial charge in [0.1, 0.15) is 5.00 Å². The molecule has 0 aliphatic heterocycles. The van der Waals surface area contributed by atoms with Crippen LogP contribution in [-0.4, -0.2) is 11.9 Å². The molecular weight excluding hydrogens is 346 g/mol. The second-order valence-electron chi connectivity index (χ2n) is 6.01. The average molecular weight is 364 g/mol. The highest BCUT2D eigenvalue weighted by molar-refractivity contribution is 7.17. The van der Waals surface area contributed by atoms with Crippen molar-refractivity contribution < 1.29 is 9.59 Å². The SMILES string of the molecule is C[C@@H]1CCc2c(sc(NC(=O)Nc3cccc(Cl)c3)c2C(N)=O)C1. The van der Waals surface area contributed by atoms with Crippen molar-refractivity contribution in [2.24, 2.45) is 11.7 Å². The van der Waals surface area contributed by atoms with Gasteiger partial charge in [0.2, 0.25) is 0 Å². The lowest BCUT2D eigenvalue weighted by Crippen LogP contribution is -2.22. The molecule has 0 unspecified atom stereocenters. The zero-order valence-electron chi connectivity index (χ0n) is 13.2. The first-order valence-electron chi connectivity index (χ1n) is 7.72. The Kier molecular flexibility index (Phi) is 4.78. The number of hydrogen-bond acceptors (Lipinski definition) is 3. The largest absolute Gasteiger partial charge is 0.365 e. The zero-order valence-corrected chi connectivity index (χ0v) is 14.8. The van der Waals surface area contributed by atoms with Crippen molar-refractivity contribution in [2.75, 3.05) is 10.6 Å². The lowest BCUT2D eigenvalue weighted by atomic mass is 9.88. The highest BCUT2D eigenvalue weighted by Crippen LogP contribution is 2.39. The van der Waals surface area contributed by atoms with Crippen molar-refractivity contribution in [2.45, 2.75) is 26.2 Å². The van der Waals surface area contributed by atoms with Crippen LogP contribution >= 0.6 is 22.9 Å². The van der Waals surface area contributed by atoms with Gasteiger partial charge in [-0.1, -0.05) is 24.6 Å². The molecule has 0 radical (unpaired) electrons. The van der Waals surface area contributed by atoms with Gasteiger partial charge in [-0.3, -0.25) is 10.1 Å². The first-order chi connectivity index (χ1) is 11.4. The normalized spacial score (nSPS) is 16.3. The van der Waals surface area contributed by atoms with Crippen LogP contribution in [0.5, 0.6) is 0 Å². The Labute approximate surface area is 149 Å². The van der Waals surface area contributed by atoms with E-state index in [0.717, 1.165) is 29.7 Å². The van der Waals surface area contributed by atoms with Gasteiger partial charge in [0.15, 0.2) is 0 Å². The van der Waals surface area contributed by atoms with E-state index < -0.39 is 11.9 Å². The van der Waals surface area contributed by atoms with Crippen LogP contribution in [0.15, 0.2) is 24.3 Å². The van der Waals surface area contributed by atoms with Crippen LogP contribution in [-0.2, 0) is 12.8 Å². The van der Waals surface area contributed by atoms with Gasteiger partial charge in [-0.15, -0.1) is 11.3 Å². The molecule has 126 valence electrons. The van der Waals surface area contributed by atoms with E-state index in [0.29, 0.717) is 27.2 Å². The lowest BCUT2D eigenvalue weighted by Gasteiger charge is -2.18. The molecule has 3 rings (SSSR count). The number of rotatable bonds is 3. The fourth-order valence-corrected chi connectivity index (χ4v) is 4.53. The fourth-order valence-electron chi connectivity index (χ4n) is 2.93. The predicted molar refractivity (Wildman–Crippen MR) is 98.1 cm³/mol. The molecule has 1 aromatic carbocycles. The van der Waals surface area contributed by atoms with Crippen molar-refractivity contribution in [3.8, 4) is 0 Å². The van der Waals surface area contributed by atoms with Gasteiger partial charge in [0.05, 0.1) is 5.56 Å². The maximum absolute atomic E-state index is 12.2. The van der Waals surface area contributed by atoms with Crippen LogP contribution in [0.2, 0.25) is 5.02 Å². The van der Waals surface area contributed by atoms with E-state index in [1.807, 2.05) is 0 Å². The number of hydrogen-bond donors (Lipinski definition) is 3. The number of nitrogens with one attached hydrogen (secondary N) is 2. The molecule has 3 amide bonds. The Morgan fingerprint density at radius 3 is 2.83 bits per heavy atom. The van der Waals surface area contributed by atoms with Gasteiger partial charge < -0.3 is 11.1 Å². The average Bonchev–Trinajstić information content (AvgIpc) is 2.83. The third-order valence-electron chi connectivity index (χ3n) is 4.07. The van der Waals surface area contributed by atoms with Crippen molar-refractivity contribution in [3.63, 3.8) is 0 Å². The first-order valence-corrected chi connectivity index (χ1v) is 8.91. The molecule has 1 aliphatic rings. The van der Waals surface area contributed by atoms with Crippen LogP contribution in [0, 0.1) is 5.92 Å². The summed E-state index contributed by atoms with van der Waals surface area (Å²) in [6.07, 6.45) is 2.76. The summed E-state index contributed by atoms with van der Waals surface area (Å²) in [4.78, 5) is 25.2. The Balaban J connectivity index is 1.82. The summed E-state index contributed by atoms with van der Waals surface area (Å²) in [5, 5.41) is 6.51. The Bertz CT molecular complexity index is 803. The number of carbonyl (C=O) groups is 2. The zero-order chi connectivity index (χ0) is 17.3. The standard InChI is InChI=1S/C17H18ClN3O2S/c1-9-5-6-12-13(7-9)24-16(14(12)15(19)22)21-17(23)20-11-4-2-3-10(18)8-11/h2-4,8-9H,5-7H2,1H3,(H2,19,22)(H2,20,21,23)/t9-/m1/s1. The molecule has 0 saturated carbocycles. The minimum Gasteiger partial charge on any atom is -0.365 e. The van der Waals surface area contributed by atoms with E-state index in [1.54, 1.807) is 24.3 Å². The molecule has 5 nitrogen and oxygen atoms in total. The minimum absolute atomic E-state index is 0.425. The maximum atomic E-state index is 12.2. The van der Waals surface area contributed by atoms with E-state index in [2.05, 4.69) is 17.6 Å². The van der Waals surface area contributed by atoms with Crippen LogP contribution in [0.4, 0.5) is 15.5 Å². The van der Waals surface area contributed by atoms with E-state index in [-0.39, 0.29) is 0 Å². The fraction of sp³-hybridized carbons (Fsp3) is 0.294. The molecule has 1 aromatic heterocycles. The van der Waals surface area contributed by atoms with Gasteiger partial charge in [0, 0.05) is 15.6 Å². The number of thiophene rings is 1. The molecule has 0 bridgehead atoms. The molecular formula is C17H18ClN3O2S. The monoisotopic (exact) mass is 363 g/mol. The number of nitrogens with two attached hydrogens (primary N) is 1. The van der Waals surface area contributed by atoms with Gasteiger partial charge in [-0.05, 0) is 48.9 Å². The second-order valence-corrected chi connectivity index (χ2v) is 7.55. The first kappa shape index (κ1) is 16.8. The highest BCUT2D eigenvalue weighted by atomic mass is 35.5. The van der Waals surface area contributed by atoms with Gasteiger partial charge in [-0.2, -0.15) is 0 Å². The number of primary amides is 1. The van der Waals surface area contributed by atoms with Gasteiger partial charge in [-0.25, -0.2) is 4.79 Å². The van der Waals surface area contributed by atoms with Gasteiger partial charge in [0.25, 0.3) is 5.91 Å². The number of halogens is 1. The number of carbonyl (C=O) groups excluding carboxylic acids is 2. The second kappa shape index (κ2) is 6.83. The number of anilines is 2. The molecule has 4 N–H and O–H groups in total. The van der Waals surface area contributed by atoms with E-state index in [9.17, 15) is 9.59 Å². The summed E-state index contributed by atoms with van der Waals surface area (Å²) in [7, 11) is 0. The Hall–Kier alpha value is -2.05. The van der Waals surface area contributed by atoms with Crippen LogP contribution in [0.3, 0.4) is 0 Å². The number of benzene rings is 1. The molecule has 24 heavy (non-hydrogen) atoms. The van der Waals surface area contributed by atoms with Gasteiger partial charge >= 0.3 is 6.03 Å². The molecule has 2 aromatic rings. The summed E-state index contributed by atoms with van der Waals surface area (Å²) in [5.74, 6) is 0.0742. The van der Waals surface area contributed by atoms with Crippen molar-refractivity contribution in [1.29, 1.82) is 0 Å². The maximum Gasteiger partial charge on any atom is 0.324 e. The number of fused-ring (bicyclic) bond motifs is 1. The van der Waals surface area contributed by atoms with Crippen molar-refractivity contribution in [3.05, 3.63) is 45.3 Å². The summed E-state index contributed by atoms with van der Waals surface area (Å²) >= 11 is 7.34. The van der Waals surface area contributed by atoms with E-state index in [4.69, 9.17) is 17.3 Å². The van der Waals surface area contributed by atoms with Crippen molar-refractivity contribution >= 4 is 45.6 Å². The Morgan fingerprint density at radius 2 is 2.12 bits per heavy atom. The Morgan fingerprint density at radius 1 is 1.33 bits per heavy atom. The minimum atomic E-state index is -0.500.